The Hall–Kier alpha value is -3.99. The molecule has 2 fully saturated rings. The second-order valence-corrected chi connectivity index (χ2v) is 12.9. The molecule has 0 aromatic heterocycles. The first-order valence-electron chi connectivity index (χ1n) is 16.8. The highest BCUT2D eigenvalue weighted by Crippen LogP contribution is 2.30. The molecular formula is C36H50FN5O5. The van der Waals surface area contributed by atoms with Gasteiger partial charge in [-0.15, -0.1) is 0 Å². The molecule has 11 heteroatoms. The molecule has 1 saturated heterocycles. The minimum absolute atomic E-state index is 0.0104. The van der Waals surface area contributed by atoms with E-state index in [0.717, 1.165) is 50.8 Å². The summed E-state index contributed by atoms with van der Waals surface area (Å²) >= 11 is 0. The number of hydrogen-bond donors (Lipinski definition) is 3. The van der Waals surface area contributed by atoms with E-state index in [1.54, 1.807) is 51.0 Å². The molecular weight excluding hydrogens is 601 g/mol. The molecule has 10 nitrogen and oxygen atoms in total. The van der Waals surface area contributed by atoms with Crippen LogP contribution >= 0.6 is 0 Å². The first-order chi connectivity index (χ1) is 22.5. The summed E-state index contributed by atoms with van der Waals surface area (Å²) in [5, 5.41) is 8.56. The number of ether oxygens (including phenoxy) is 1. The molecule has 1 saturated carbocycles. The smallest absolute Gasteiger partial charge is 0.247 e. The van der Waals surface area contributed by atoms with E-state index in [2.05, 4.69) is 20.9 Å². The second-order valence-electron chi connectivity index (χ2n) is 12.9. The molecule has 256 valence electrons. The molecule has 2 aromatic rings. The standard InChI is InChI=1S/C36H50FN5O5/c1-6-31(43)39-32(36(46)42-20-18-41(4)19-21-42)23(2)27-14-17-30(29(37)22-27)38-35(45)33(26-10-8-7-9-11-26)40-34(44)24(3)25-12-15-28(47-5)16-13-25/h12-17,22-24,26,32-33H,6-11,18-21H2,1-5H3,(H,38,45)(H,39,43)(H,40,44)/t23-,24-,32+,33-/m0/s1. The summed E-state index contributed by atoms with van der Waals surface area (Å²) in [7, 11) is 3.58. The summed E-state index contributed by atoms with van der Waals surface area (Å²) in [5.74, 6) is -2.27. The lowest BCUT2D eigenvalue weighted by molar-refractivity contribution is -0.138. The molecule has 1 aliphatic heterocycles. The Morgan fingerprint density at radius 2 is 1.53 bits per heavy atom. The van der Waals surface area contributed by atoms with Crippen molar-refractivity contribution < 1.29 is 28.3 Å². The average Bonchev–Trinajstić information content (AvgIpc) is 3.09. The third-order valence-electron chi connectivity index (χ3n) is 9.71. The van der Waals surface area contributed by atoms with Crippen LogP contribution in [0.1, 0.15) is 82.3 Å². The number of piperazine rings is 1. The van der Waals surface area contributed by atoms with E-state index in [0.29, 0.717) is 24.4 Å². The Balaban J connectivity index is 1.49. The van der Waals surface area contributed by atoms with Crippen molar-refractivity contribution in [2.45, 2.75) is 83.2 Å². The van der Waals surface area contributed by atoms with Gasteiger partial charge in [0.05, 0.1) is 18.7 Å². The lowest BCUT2D eigenvalue weighted by atomic mass is 9.83. The van der Waals surface area contributed by atoms with Gasteiger partial charge < -0.3 is 30.5 Å². The molecule has 0 radical (unpaired) electrons. The molecule has 1 aliphatic carbocycles. The van der Waals surface area contributed by atoms with Crippen molar-refractivity contribution >= 4 is 29.3 Å². The van der Waals surface area contributed by atoms with Crippen LogP contribution in [-0.4, -0.2) is 85.8 Å². The molecule has 4 rings (SSSR count). The van der Waals surface area contributed by atoms with Gasteiger partial charge in [0.2, 0.25) is 23.6 Å². The Labute approximate surface area is 277 Å². The van der Waals surface area contributed by atoms with E-state index in [9.17, 15) is 19.2 Å². The zero-order chi connectivity index (χ0) is 34.1. The number of carbonyl (C=O) groups excluding carboxylic acids is 4. The van der Waals surface area contributed by atoms with Crippen molar-refractivity contribution in [1.29, 1.82) is 0 Å². The second kappa shape index (κ2) is 16.7. The van der Waals surface area contributed by atoms with E-state index in [1.165, 1.54) is 12.1 Å². The molecule has 3 N–H and O–H groups in total. The van der Waals surface area contributed by atoms with Gasteiger partial charge in [-0.3, -0.25) is 19.2 Å². The summed E-state index contributed by atoms with van der Waals surface area (Å²) in [6, 6.07) is 10.0. The van der Waals surface area contributed by atoms with Crippen molar-refractivity contribution in [3.63, 3.8) is 0 Å². The highest BCUT2D eigenvalue weighted by Gasteiger charge is 2.35. The van der Waals surface area contributed by atoms with Gasteiger partial charge in [0, 0.05) is 38.5 Å². The number of rotatable bonds is 12. The largest absolute Gasteiger partial charge is 0.497 e. The molecule has 0 bridgehead atoms. The summed E-state index contributed by atoms with van der Waals surface area (Å²) < 4.78 is 20.9. The fraction of sp³-hybridized carbons (Fsp3) is 0.556. The fourth-order valence-corrected chi connectivity index (χ4v) is 6.41. The summed E-state index contributed by atoms with van der Waals surface area (Å²) in [4.78, 5) is 56.9. The molecule has 47 heavy (non-hydrogen) atoms. The average molecular weight is 652 g/mol. The number of nitrogens with zero attached hydrogens (tertiary/aromatic N) is 2. The van der Waals surface area contributed by atoms with Gasteiger partial charge in [-0.25, -0.2) is 4.39 Å². The van der Waals surface area contributed by atoms with E-state index in [-0.39, 0.29) is 35.7 Å². The zero-order valence-electron chi connectivity index (χ0n) is 28.3. The van der Waals surface area contributed by atoms with E-state index in [4.69, 9.17) is 4.74 Å². The number of anilines is 1. The van der Waals surface area contributed by atoms with Crippen molar-refractivity contribution in [3.05, 3.63) is 59.4 Å². The number of carbonyl (C=O) groups is 4. The maximum atomic E-state index is 15.6. The van der Waals surface area contributed by atoms with Crippen LogP contribution in [0.15, 0.2) is 42.5 Å². The van der Waals surface area contributed by atoms with Gasteiger partial charge in [-0.2, -0.15) is 0 Å². The summed E-state index contributed by atoms with van der Waals surface area (Å²) in [6.45, 7) is 7.88. The number of nitrogens with one attached hydrogen (secondary N) is 3. The van der Waals surface area contributed by atoms with E-state index in [1.807, 2.05) is 19.2 Å². The van der Waals surface area contributed by atoms with Gasteiger partial charge in [-0.1, -0.05) is 51.3 Å². The van der Waals surface area contributed by atoms with Crippen LogP contribution in [0.2, 0.25) is 0 Å². The predicted molar refractivity (Wildman–Crippen MR) is 180 cm³/mol. The van der Waals surface area contributed by atoms with Crippen molar-refractivity contribution in [3.8, 4) is 5.75 Å². The zero-order valence-corrected chi connectivity index (χ0v) is 28.3. The minimum atomic E-state index is -0.857. The molecule has 4 atom stereocenters. The van der Waals surface area contributed by atoms with Crippen molar-refractivity contribution in [2.24, 2.45) is 5.92 Å². The van der Waals surface area contributed by atoms with Crippen LogP contribution in [0.5, 0.6) is 5.75 Å². The van der Waals surface area contributed by atoms with E-state index >= 15 is 4.39 Å². The number of benzene rings is 2. The SMILES string of the molecule is CCC(=O)N[C@@H](C(=O)N1CCN(C)CC1)[C@@H](C)c1ccc(NC(=O)[C@@H](NC(=O)[C@@H](C)c2ccc(OC)cc2)C2CCCCC2)c(F)c1. The molecule has 0 unspecified atom stereocenters. The van der Waals surface area contributed by atoms with Crippen molar-refractivity contribution in [2.75, 3.05) is 45.7 Å². The number of likely N-dealkylation sites (N-methyl/N-ethyl adjacent to an activating group) is 1. The number of amides is 4. The maximum absolute atomic E-state index is 15.6. The van der Waals surface area contributed by atoms with Crippen LogP contribution in [0, 0.1) is 11.7 Å². The summed E-state index contributed by atoms with van der Waals surface area (Å²) in [5.41, 5.74) is 1.31. The topological polar surface area (TPSA) is 120 Å². The predicted octanol–water partition coefficient (Wildman–Crippen LogP) is 4.41. The van der Waals surface area contributed by atoms with Gasteiger partial charge in [0.1, 0.15) is 23.7 Å². The normalized spacial score (nSPS) is 18.4. The van der Waals surface area contributed by atoms with Crippen molar-refractivity contribution in [1.82, 2.24) is 20.4 Å². The van der Waals surface area contributed by atoms with Gasteiger partial charge in [0.25, 0.3) is 0 Å². The molecule has 2 aromatic carbocycles. The molecule has 2 aliphatic rings. The van der Waals surface area contributed by atoms with Crippen LogP contribution in [0.4, 0.5) is 10.1 Å². The highest BCUT2D eigenvalue weighted by atomic mass is 19.1. The Morgan fingerprint density at radius 3 is 2.13 bits per heavy atom. The third-order valence-corrected chi connectivity index (χ3v) is 9.71. The lowest BCUT2D eigenvalue weighted by Crippen LogP contribution is -2.55. The Bertz CT molecular complexity index is 1390. The molecule has 1 heterocycles. The first-order valence-corrected chi connectivity index (χ1v) is 16.8. The van der Waals surface area contributed by atoms with Crippen LogP contribution in [0.3, 0.4) is 0 Å². The number of halogens is 1. The monoisotopic (exact) mass is 651 g/mol. The third kappa shape index (κ3) is 9.31. The maximum Gasteiger partial charge on any atom is 0.247 e. The Morgan fingerprint density at radius 1 is 0.894 bits per heavy atom. The van der Waals surface area contributed by atoms with E-state index < -0.39 is 35.6 Å². The summed E-state index contributed by atoms with van der Waals surface area (Å²) in [6.07, 6.45) is 4.80. The van der Waals surface area contributed by atoms with Crippen LogP contribution in [-0.2, 0) is 19.2 Å². The number of methoxy groups -OCH3 is 1. The lowest BCUT2D eigenvalue weighted by Gasteiger charge is -2.36. The Kier molecular flexibility index (Phi) is 12.8. The fourth-order valence-electron chi connectivity index (χ4n) is 6.41. The first kappa shape index (κ1) is 35.9. The highest BCUT2D eigenvalue weighted by molar-refractivity contribution is 5.98. The minimum Gasteiger partial charge on any atom is -0.497 e. The van der Waals surface area contributed by atoms with Gasteiger partial charge in [0.15, 0.2) is 0 Å². The van der Waals surface area contributed by atoms with Crippen LogP contribution < -0.4 is 20.7 Å². The number of hydrogen-bond acceptors (Lipinski definition) is 6. The quantitative estimate of drug-likeness (QED) is 0.313. The molecule has 4 amide bonds. The van der Waals surface area contributed by atoms with Gasteiger partial charge in [-0.05, 0) is 68.1 Å². The van der Waals surface area contributed by atoms with Gasteiger partial charge >= 0.3 is 0 Å². The molecule has 0 spiro atoms. The van der Waals surface area contributed by atoms with Crippen LogP contribution in [0.25, 0.3) is 0 Å².